The molecular formula is C25H54O6. The maximum absolute atomic E-state index is 5.92. The summed E-state index contributed by atoms with van der Waals surface area (Å²) in [5, 5.41) is 0. The second kappa shape index (κ2) is 17.3. The molecule has 6 heteroatoms. The molecule has 0 N–H and O–H groups in total. The molecule has 0 fully saturated rings. The van der Waals surface area contributed by atoms with E-state index in [2.05, 4.69) is 62.3 Å². The van der Waals surface area contributed by atoms with Crippen molar-refractivity contribution < 1.29 is 28.4 Å². The van der Waals surface area contributed by atoms with Crippen LogP contribution in [0.1, 0.15) is 69.7 Å². The highest BCUT2D eigenvalue weighted by Crippen LogP contribution is 2.14. The van der Waals surface area contributed by atoms with E-state index in [9.17, 15) is 0 Å². The maximum Gasteiger partial charge on any atom is 0.104 e. The van der Waals surface area contributed by atoms with Crippen LogP contribution in [0.15, 0.2) is 0 Å². The van der Waals surface area contributed by atoms with E-state index >= 15 is 0 Å². The van der Waals surface area contributed by atoms with E-state index in [1.54, 1.807) is 0 Å². The summed E-state index contributed by atoms with van der Waals surface area (Å²) in [4.78, 5) is 0. The molecule has 0 aliphatic rings. The van der Waals surface area contributed by atoms with E-state index in [1.165, 1.54) is 0 Å². The fourth-order valence-electron chi connectivity index (χ4n) is 2.22. The van der Waals surface area contributed by atoms with Gasteiger partial charge in [0.25, 0.3) is 0 Å². The van der Waals surface area contributed by atoms with Gasteiger partial charge in [0.2, 0.25) is 0 Å². The molecule has 0 saturated carbocycles. The molecule has 31 heavy (non-hydrogen) atoms. The van der Waals surface area contributed by atoms with Crippen LogP contribution in [-0.4, -0.2) is 78.8 Å². The highest BCUT2D eigenvalue weighted by molar-refractivity contribution is 4.61. The average Bonchev–Trinajstić information content (AvgIpc) is 2.56. The van der Waals surface area contributed by atoms with Gasteiger partial charge in [-0.25, -0.2) is 0 Å². The van der Waals surface area contributed by atoms with Crippen LogP contribution in [0.3, 0.4) is 0 Å². The van der Waals surface area contributed by atoms with Crippen molar-refractivity contribution in [2.75, 3.05) is 72.7 Å². The molecule has 0 spiro atoms. The lowest BCUT2D eigenvalue weighted by Crippen LogP contribution is -2.29. The second-order valence-corrected chi connectivity index (χ2v) is 11.5. The molecule has 0 aliphatic heterocycles. The van der Waals surface area contributed by atoms with Gasteiger partial charge in [-0.3, -0.25) is 0 Å². The van der Waals surface area contributed by atoms with E-state index in [-0.39, 0.29) is 29.8 Å². The minimum atomic E-state index is -0.131. The van der Waals surface area contributed by atoms with Gasteiger partial charge in [-0.15, -0.1) is 0 Å². The quantitative estimate of drug-likeness (QED) is 0.283. The molecule has 0 rings (SSSR count). The van der Waals surface area contributed by atoms with Crippen molar-refractivity contribution in [1.82, 2.24) is 0 Å². The van der Waals surface area contributed by atoms with Crippen LogP contribution in [0.5, 0.6) is 0 Å². The molecule has 0 aromatic heterocycles. The predicted molar refractivity (Wildman–Crippen MR) is 129 cm³/mol. The van der Waals surface area contributed by atoms with Crippen LogP contribution in [0.25, 0.3) is 0 Å². The molecule has 0 aliphatic carbocycles. The summed E-state index contributed by atoms with van der Waals surface area (Å²) >= 11 is 0. The van der Waals surface area contributed by atoms with Crippen LogP contribution >= 0.6 is 0 Å². The summed E-state index contributed by atoms with van der Waals surface area (Å²) in [6.07, 6.45) is -0.131. The zero-order valence-corrected chi connectivity index (χ0v) is 21.3. The van der Waals surface area contributed by atoms with Crippen LogP contribution in [-0.2, 0) is 28.4 Å². The van der Waals surface area contributed by atoms with Crippen molar-refractivity contribution in [3.8, 4) is 0 Å². The summed E-state index contributed by atoms with van der Waals surface area (Å²) < 4.78 is 34.4. The Morgan fingerprint density at radius 1 is 0.452 bits per heavy atom. The Morgan fingerprint density at radius 3 is 1.06 bits per heavy atom. The second-order valence-electron chi connectivity index (χ2n) is 11.5. The molecule has 0 amide bonds. The molecule has 0 aromatic rings. The molecule has 6 nitrogen and oxygen atoms in total. The lowest BCUT2D eigenvalue weighted by Gasteiger charge is -2.21. The first-order valence-electron chi connectivity index (χ1n) is 11.3. The van der Waals surface area contributed by atoms with Gasteiger partial charge < -0.3 is 28.4 Å². The van der Waals surface area contributed by atoms with Crippen molar-refractivity contribution >= 4 is 0 Å². The Labute approximate surface area is 193 Å². The van der Waals surface area contributed by atoms with Crippen LogP contribution in [0.2, 0.25) is 0 Å². The summed E-state index contributed by atoms with van der Waals surface area (Å²) in [5.74, 6) is 0. The van der Waals surface area contributed by atoms with E-state index in [0.29, 0.717) is 59.5 Å². The van der Waals surface area contributed by atoms with Gasteiger partial charge >= 0.3 is 0 Å². The van der Waals surface area contributed by atoms with Crippen molar-refractivity contribution in [2.45, 2.75) is 75.8 Å². The third kappa shape index (κ3) is 27.7. The number of hydrogen-bond acceptors (Lipinski definition) is 6. The fraction of sp³-hybridized carbons (Fsp3) is 1.00. The first-order valence-corrected chi connectivity index (χ1v) is 11.3. The Kier molecular flexibility index (Phi) is 18.3. The summed E-state index contributed by atoms with van der Waals surface area (Å²) in [6, 6.07) is 0. The predicted octanol–water partition coefficient (Wildman–Crippen LogP) is 5.23. The Bertz CT molecular complexity index is 366. The van der Waals surface area contributed by atoms with Gasteiger partial charge in [-0.05, 0) is 16.2 Å². The van der Waals surface area contributed by atoms with E-state index in [0.717, 1.165) is 13.2 Å². The monoisotopic (exact) mass is 450 g/mol. The van der Waals surface area contributed by atoms with Gasteiger partial charge in [-0.2, -0.15) is 0 Å². The molecule has 190 valence electrons. The largest absolute Gasteiger partial charge is 0.379 e. The SMILES string of the molecule is C.CC(C)(C)COCCOCC(COCCOCC(C)(C)C)OCCOCC(C)(C)C. The first kappa shape index (κ1) is 32.9. The van der Waals surface area contributed by atoms with Crippen LogP contribution in [0, 0.1) is 16.2 Å². The van der Waals surface area contributed by atoms with Crippen molar-refractivity contribution in [1.29, 1.82) is 0 Å². The number of rotatable bonds is 17. The van der Waals surface area contributed by atoms with Crippen molar-refractivity contribution in [2.24, 2.45) is 16.2 Å². The molecule has 0 bridgehead atoms. The van der Waals surface area contributed by atoms with Gasteiger partial charge in [0, 0.05) is 0 Å². The third-order valence-corrected chi connectivity index (χ3v) is 3.54. The molecule has 0 saturated heterocycles. The first-order chi connectivity index (χ1) is 13.8. The zero-order chi connectivity index (χ0) is 23.1. The van der Waals surface area contributed by atoms with Gasteiger partial charge in [-0.1, -0.05) is 69.7 Å². The Balaban J connectivity index is 0. The normalized spacial score (nSPS) is 13.0. The van der Waals surface area contributed by atoms with E-state index in [4.69, 9.17) is 28.4 Å². The summed E-state index contributed by atoms with van der Waals surface area (Å²) in [6.45, 7) is 25.8. The molecule has 0 radical (unpaired) electrons. The molecule has 0 heterocycles. The number of ether oxygens (including phenoxy) is 6. The van der Waals surface area contributed by atoms with Crippen molar-refractivity contribution in [3.05, 3.63) is 0 Å². The highest BCUT2D eigenvalue weighted by Gasteiger charge is 2.14. The number of hydrogen-bond donors (Lipinski definition) is 0. The highest BCUT2D eigenvalue weighted by atomic mass is 16.6. The standard InChI is InChI=1S/C24H50O6.CH4/c1-22(2,3)18-27-12-10-25-16-21(30-15-14-29-20-24(7,8)9)17-26-11-13-28-19-23(4,5)6;/h21H,10-20H2,1-9H3;1H4. The van der Waals surface area contributed by atoms with Crippen molar-refractivity contribution in [3.63, 3.8) is 0 Å². The average molecular weight is 451 g/mol. The van der Waals surface area contributed by atoms with E-state index < -0.39 is 0 Å². The molecule has 0 unspecified atom stereocenters. The third-order valence-electron chi connectivity index (χ3n) is 3.54. The lowest BCUT2D eigenvalue weighted by molar-refractivity contribution is -0.0883. The van der Waals surface area contributed by atoms with E-state index in [1.807, 2.05) is 0 Å². The summed E-state index contributed by atoms with van der Waals surface area (Å²) in [7, 11) is 0. The zero-order valence-electron chi connectivity index (χ0n) is 21.3. The van der Waals surface area contributed by atoms with Crippen LogP contribution in [0.4, 0.5) is 0 Å². The van der Waals surface area contributed by atoms with Gasteiger partial charge in [0.15, 0.2) is 0 Å². The Hall–Kier alpha value is -0.240. The lowest BCUT2D eigenvalue weighted by atomic mass is 9.99. The maximum atomic E-state index is 5.92. The molecule has 0 aromatic carbocycles. The minimum Gasteiger partial charge on any atom is -0.379 e. The van der Waals surface area contributed by atoms with Gasteiger partial charge in [0.1, 0.15) is 6.10 Å². The molecular weight excluding hydrogens is 396 g/mol. The summed E-state index contributed by atoms with van der Waals surface area (Å²) in [5.41, 5.74) is 0.495. The molecule has 0 atom stereocenters. The smallest absolute Gasteiger partial charge is 0.104 e. The Morgan fingerprint density at radius 2 is 0.742 bits per heavy atom. The van der Waals surface area contributed by atoms with Gasteiger partial charge in [0.05, 0.1) is 72.7 Å². The minimum absolute atomic E-state index is 0. The van der Waals surface area contributed by atoms with Crippen LogP contribution < -0.4 is 0 Å². The topological polar surface area (TPSA) is 55.4 Å². The fourth-order valence-corrected chi connectivity index (χ4v) is 2.22.